The van der Waals surface area contributed by atoms with E-state index in [-0.39, 0.29) is 17.6 Å². The Balaban J connectivity index is 1.47. The molecule has 1 aliphatic heterocycles. The minimum absolute atomic E-state index is 0.00761. The van der Waals surface area contributed by atoms with Crippen molar-refractivity contribution in [1.82, 2.24) is 29.9 Å². The maximum atomic E-state index is 12.8. The molecule has 1 amide bonds. The monoisotopic (exact) mass is 366 g/mol. The number of carbonyl (C=O) groups excluding carboxylic acids is 1. The quantitative estimate of drug-likeness (QED) is 0.732. The molecular formula is C19H22N6O2. The Bertz CT molecular complexity index is 1030. The molecule has 8 heteroatoms. The number of aromatic nitrogens is 5. The highest BCUT2D eigenvalue weighted by Gasteiger charge is 2.23. The normalized spacial score (nSPS) is 16.6. The van der Waals surface area contributed by atoms with E-state index in [2.05, 4.69) is 20.6 Å². The summed E-state index contributed by atoms with van der Waals surface area (Å²) in [5.74, 6) is 0.614. The van der Waals surface area contributed by atoms with Crippen LogP contribution in [-0.2, 0) is 20.0 Å². The van der Waals surface area contributed by atoms with Gasteiger partial charge in [0, 0.05) is 37.2 Å². The van der Waals surface area contributed by atoms with Gasteiger partial charge in [-0.05, 0) is 19.8 Å². The zero-order valence-electron chi connectivity index (χ0n) is 15.4. The molecule has 4 rings (SSSR count). The van der Waals surface area contributed by atoms with Crippen LogP contribution in [-0.4, -0.2) is 36.5 Å². The van der Waals surface area contributed by atoms with Gasteiger partial charge in [-0.1, -0.05) is 30.3 Å². The fraction of sp³-hybridized carbons (Fsp3) is 0.368. The Kier molecular flexibility index (Phi) is 4.39. The zero-order chi connectivity index (χ0) is 19.0. The van der Waals surface area contributed by atoms with Crippen LogP contribution >= 0.6 is 0 Å². The Morgan fingerprint density at radius 3 is 2.81 bits per heavy atom. The fourth-order valence-electron chi connectivity index (χ4n) is 3.60. The van der Waals surface area contributed by atoms with E-state index in [1.165, 1.54) is 4.68 Å². The first-order valence-corrected chi connectivity index (χ1v) is 9.08. The topological polar surface area (TPSA) is 97.6 Å². The van der Waals surface area contributed by atoms with Gasteiger partial charge in [0.15, 0.2) is 0 Å². The Labute approximate surface area is 156 Å². The van der Waals surface area contributed by atoms with Gasteiger partial charge in [0.1, 0.15) is 11.5 Å². The summed E-state index contributed by atoms with van der Waals surface area (Å²) in [7, 11) is 1.66. The van der Waals surface area contributed by atoms with E-state index in [1.54, 1.807) is 11.6 Å². The van der Waals surface area contributed by atoms with Crippen molar-refractivity contribution in [2.24, 2.45) is 7.05 Å². The molecule has 0 saturated carbocycles. The summed E-state index contributed by atoms with van der Waals surface area (Å²) in [4.78, 5) is 24.8. The van der Waals surface area contributed by atoms with E-state index in [1.807, 2.05) is 37.3 Å². The number of hydrogen-bond acceptors (Lipinski definition) is 4. The number of aromatic amines is 1. The fourth-order valence-corrected chi connectivity index (χ4v) is 3.60. The van der Waals surface area contributed by atoms with E-state index < -0.39 is 0 Å². The number of benzene rings is 1. The van der Waals surface area contributed by atoms with Crippen molar-refractivity contribution >= 4 is 5.91 Å². The summed E-state index contributed by atoms with van der Waals surface area (Å²) < 4.78 is 3.06. The predicted octanol–water partition coefficient (Wildman–Crippen LogP) is 1.42. The maximum Gasteiger partial charge on any atom is 0.345 e. The zero-order valence-corrected chi connectivity index (χ0v) is 15.4. The van der Waals surface area contributed by atoms with Crippen molar-refractivity contribution in [3.8, 4) is 11.3 Å². The lowest BCUT2D eigenvalue weighted by Gasteiger charge is -2.15. The number of nitrogens with zero attached hydrogens (tertiary/aromatic N) is 4. The number of aryl methyl sites for hydroxylation is 2. The van der Waals surface area contributed by atoms with Crippen LogP contribution in [0.1, 0.15) is 34.7 Å². The van der Waals surface area contributed by atoms with Crippen LogP contribution in [0.25, 0.3) is 11.3 Å². The first-order chi connectivity index (χ1) is 13.0. The second kappa shape index (κ2) is 6.86. The van der Waals surface area contributed by atoms with Crippen molar-refractivity contribution in [3.05, 3.63) is 57.9 Å². The summed E-state index contributed by atoms with van der Waals surface area (Å²) in [6.45, 7) is 2.46. The maximum absolute atomic E-state index is 12.8. The van der Waals surface area contributed by atoms with Crippen molar-refractivity contribution in [3.63, 3.8) is 0 Å². The van der Waals surface area contributed by atoms with Gasteiger partial charge >= 0.3 is 5.69 Å². The molecule has 2 aromatic heterocycles. The standard InChI is InChI=1S/C19H22N6O2/c1-12-16(13-6-4-3-5-7-13)21-22-17(12)18(26)20-14-8-9-15-23-24(2)19(27)25(15)11-10-14/h3-7,14H,8-11H2,1-2H3,(H,20,26)(H,21,22). The van der Waals surface area contributed by atoms with Gasteiger partial charge < -0.3 is 5.32 Å². The lowest BCUT2D eigenvalue weighted by Crippen LogP contribution is -2.36. The van der Waals surface area contributed by atoms with Crippen molar-refractivity contribution < 1.29 is 4.79 Å². The number of rotatable bonds is 3. The molecule has 1 unspecified atom stereocenters. The third-order valence-electron chi connectivity index (χ3n) is 5.12. The van der Waals surface area contributed by atoms with Gasteiger partial charge in [-0.2, -0.15) is 10.2 Å². The Hall–Kier alpha value is -3.16. The summed E-state index contributed by atoms with van der Waals surface area (Å²) in [6, 6.07) is 9.77. The largest absolute Gasteiger partial charge is 0.348 e. The molecule has 2 N–H and O–H groups in total. The second-order valence-electron chi connectivity index (χ2n) is 6.91. The average molecular weight is 366 g/mol. The molecule has 0 fully saturated rings. The predicted molar refractivity (Wildman–Crippen MR) is 100 cm³/mol. The third-order valence-corrected chi connectivity index (χ3v) is 5.12. The van der Waals surface area contributed by atoms with Crippen LogP contribution < -0.4 is 11.0 Å². The minimum Gasteiger partial charge on any atom is -0.348 e. The van der Waals surface area contributed by atoms with E-state index in [0.29, 0.717) is 25.1 Å². The number of H-pyrrole nitrogens is 1. The molecule has 1 atom stereocenters. The van der Waals surface area contributed by atoms with Crippen LogP contribution in [0.2, 0.25) is 0 Å². The molecule has 0 aliphatic carbocycles. The van der Waals surface area contributed by atoms with Crippen molar-refractivity contribution in [2.45, 2.75) is 38.8 Å². The first kappa shape index (κ1) is 17.3. The van der Waals surface area contributed by atoms with E-state index in [9.17, 15) is 9.59 Å². The molecule has 3 aromatic rings. The highest BCUT2D eigenvalue weighted by Crippen LogP contribution is 2.23. The number of carbonyl (C=O) groups is 1. The van der Waals surface area contributed by atoms with Crippen LogP contribution in [0.3, 0.4) is 0 Å². The van der Waals surface area contributed by atoms with Crippen molar-refractivity contribution in [2.75, 3.05) is 0 Å². The Morgan fingerprint density at radius 1 is 1.26 bits per heavy atom. The molecule has 0 spiro atoms. The van der Waals surface area contributed by atoms with Gasteiger partial charge in [-0.3, -0.25) is 14.5 Å². The van der Waals surface area contributed by atoms with Gasteiger partial charge in [0.25, 0.3) is 5.91 Å². The van der Waals surface area contributed by atoms with Gasteiger partial charge in [-0.15, -0.1) is 0 Å². The SMILES string of the molecule is Cc1c(-c2ccccc2)n[nH]c1C(=O)NC1CCc2nn(C)c(=O)n2CC1. The van der Waals surface area contributed by atoms with E-state index in [4.69, 9.17) is 0 Å². The Morgan fingerprint density at radius 2 is 2.04 bits per heavy atom. The first-order valence-electron chi connectivity index (χ1n) is 9.08. The average Bonchev–Trinajstić information content (AvgIpc) is 3.10. The highest BCUT2D eigenvalue weighted by molar-refractivity contribution is 5.95. The molecular weight excluding hydrogens is 344 g/mol. The molecule has 1 aromatic carbocycles. The van der Waals surface area contributed by atoms with Gasteiger partial charge in [-0.25, -0.2) is 9.48 Å². The second-order valence-corrected chi connectivity index (χ2v) is 6.91. The number of nitrogens with one attached hydrogen (secondary N) is 2. The van der Waals surface area contributed by atoms with E-state index in [0.717, 1.165) is 29.1 Å². The lowest BCUT2D eigenvalue weighted by molar-refractivity contribution is 0.0927. The van der Waals surface area contributed by atoms with Crippen LogP contribution in [0.5, 0.6) is 0 Å². The third kappa shape index (κ3) is 3.18. The number of hydrogen-bond donors (Lipinski definition) is 2. The molecule has 0 bridgehead atoms. The number of amides is 1. The number of fused-ring (bicyclic) bond motifs is 1. The van der Waals surface area contributed by atoms with Gasteiger partial charge in [0.2, 0.25) is 0 Å². The summed E-state index contributed by atoms with van der Waals surface area (Å²) >= 11 is 0. The minimum atomic E-state index is -0.167. The molecule has 27 heavy (non-hydrogen) atoms. The lowest BCUT2D eigenvalue weighted by atomic mass is 10.1. The van der Waals surface area contributed by atoms with Crippen LogP contribution in [0.4, 0.5) is 0 Å². The molecule has 140 valence electrons. The highest BCUT2D eigenvalue weighted by atomic mass is 16.2. The molecule has 3 heterocycles. The van der Waals surface area contributed by atoms with E-state index >= 15 is 0 Å². The summed E-state index contributed by atoms with van der Waals surface area (Å²) in [6.07, 6.45) is 2.11. The van der Waals surface area contributed by atoms with Crippen LogP contribution in [0, 0.1) is 6.92 Å². The molecule has 0 radical (unpaired) electrons. The summed E-state index contributed by atoms with van der Waals surface area (Å²) in [5.41, 5.74) is 2.96. The molecule has 0 saturated heterocycles. The van der Waals surface area contributed by atoms with Crippen LogP contribution in [0.15, 0.2) is 35.1 Å². The molecule has 1 aliphatic rings. The molecule has 8 nitrogen and oxygen atoms in total. The van der Waals surface area contributed by atoms with Gasteiger partial charge in [0.05, 0.1) is 5.69 Å². The van der Waals surface area contributed by atoms with Crippen molar-refractivity contribution in [1.29, 1.82) is 0 Å². The summed E-state index contributed by atoms with van der Waals surface area (Å²) in [5, 5.41) is 14.5. The smallest absolute Gasteiger partial charge is 0.345 e.